The van der Waals surface area contributed by atoms with E-state index in [4.69, 9.17) is 0 Å². The topological polar surface area (TPSA) is 49.4 Å². The Kier molecular flexibility index (Phi) is 6.02. The van der Waals surface area contributed by atoms with E-state index in [2.05, 4.69) is 21.2 Å². The van der Waals surface area contributed by atoms with Crippen LogP contribution in [0, 0.1) is 0 Å². The van der Waals surface area contributed by atoms with Crippen LogP contribution in [-0.2, 0) is 9.59 Å². The third kappa shape index (κ3) is 5.03. The minimum absolute atomic E-state index is 0.0430. The minimum atomic E-state index is -0.151. The lowest BCUT2D eigenvalue weighted by molar-refractivity contribution is -0.123. The average Bonchev–Trinajstić information content (AvgIpc) is 2.36. The molecule has 1 aromatic rings. The molecular weight excluding hydrogens is 308 g/mol. The van der Waals surface area contributed by atoms with Gasteiger partial charge in [0.25, 0.3) is 0 Å². The summed E-state index contributed by atoms with van der Waals surface area (Å²) in [6.07, 6.45) is 0.865. The summed E-state index contributed by atoms with van der Waals surface area (Å²) >= 11 is 3.34. The number of nitrogens with one attached hydrogen (secondary N) is 1. The fraction of sp³-hybridized carbons (Fsp3) is 0.429. The molecule has 0 aliphatic rings. The first-order valence-electron chi connectivity index (χ1n) is 6.27. The Morgan fingerprint density at radius 2 is 1.89 bits per heavy atom. The maximum Gasteiger partial charge on any atom is 0.240 e. The van der Waals surface area contributed by atoms with Crippen LogP contribution in [0.2, 0.25) is 0 Å². The van der Waals surface area contributed by atoms with Gasteiger partial charge in [-0.1, -0.05) is 22.9 Å². The van der Waals surface area contributed by atoms with Crippen LogP contribution in [0.15, 0.2) is 28.7 Å². The van der Waals surface area contributed by atoms with Gasteiger partial charge in [-0.15, -0.1) is 0 Å². The van der Waals surface area contributed by atoms with Gasteiger partial charge in [0.1, 0.15) is 6.54 Å². The molecule has 4 nitrogen and oxygen atoms in total. The molecule has 0 saturated carbocycles. The Morgan fingerprint density at radius 1 is 1.32 bits per heavy atom. The zero-order valence-corrected chi connectivity index (χ0v) is 13.0. The van der Waals surface area contributed by atoms with Crippen molar-refractivity contribution in [1.29, 1.82) is 0 Å². The molecule has 5 heteroatoms. The van der Waals surface area contributed by atoms with Gasteiger partial charge < -0.3 is 10.2 Å². The average molecular weight is 327 g/mol. The van der Waals surface area contributed by atoms with Crippen molar-refractivity contribution in [3.63, 3.8) is 0 Å². The summed E-state index contributed by atoms with van der Waals surface area (Å²) < 4.78 is 0.934. The normalized spacial score (nSPS) is 11.8. The summed E-state index contributed by atoms with van der Waals surface area (Å²) in [4.78, 5) is 25.0. The van der Waals surface area contributed by atoms with Crippen LogP contribution in [0.25, 0.3) is 0 Å². The summed E-state index contributed by atoms with van der Waals surface area (Å²) in [5.41, 5.74) is 0.718. The van der Waals surface area contributed by atoms with Crippen molar-refractivity contribution in [2.75, 3.05) is 11.4 Å². The van der Waals surface area contributed by atoms with Crippen molar-refractivity contribution >= 4 is 33.4 Å². The van der Waals surface area contributed by atoms with E-state index < -0.39 is 0 Å². The standard InChI is InChI=1S/C14H19BrN2O2/c1-4-10(2)16-14(19)9-17(11(3)18)13-7-5-12(15)6-8-13/h5-8,10H,4,9H2,1-3H3,(H,16,19). The van der Waals surface area contributed by atoms with E-state index in [1.54, 1.807) is 0 Å². The minimum Gasteiger partial charge on any atom is -0.352 e. The Bertz CT molecular complexity index is 445. The van der Waals surface area contributed by atoms with Gasteiger partial charge >= 0.3 is 0 Å². The quantitative estimate of drug-likeness (QED) is 0.904. The van der Waals surface area contributed by atoms with Crippen molar-refractivity contribution in [2.24, 2.45) is 0 Å². The lowest BCUT2D eigenvalue weighted by Gasteiger charge is -2.22. The van der Waals surface area contributed by atoms with Crippen molar-refractivity contribution < 1.29 is 9.59 Å². The van der Waals surface area contributed by atoms with Gasteiger partial charge in [0, 0.05) is 23.1 Å². The molecule has 0 aliphatic carbocycles. The molecule has 19 heavy (non-hydrogen) atoms. The lowest BCUT2D eigenvalue weighted by atomic mass is 10.2. The summed E-state index contributed by atoms with van der Waals surface area (Å²) in [6, 6.07) is 7.42. The maximum absolute atomic E-state index is 11.9. The number of nitrogens with zero attached hydrogens (tertiary/aromatic N) is 1. The molecular formula is C14H19BrN2O2. The maximum atomic E-state index is 11.9. The van der Waals surface area contributed by atoms with Gasteiger partial charge in [0.15, 0.2) is 0 Å². The van der Waals surface area contributed by atoms with Crippen molar-refractivity contribution in [3.8, 4) is 0 Å². The smallest absolute Gasteiger partial charge is 0.240 e. The number of anilines is 1. The first kappa shape index (κ1) is 15.7. The van der Waals surface area contributed by atoms with Crippen LogP contribution < -0.4 is 10.2 Å². The lowest BCUT2D eigenvalue weighted by Crippen LogP contribution is -2.42. The monoisotopic (exact) mass is 326 g/mol. The van der Waals surface area contributed by atoms with E-state index in [-0.39, 0.29) is 24.4 Å². The molecule has 104 valence electrons. The molecule has 0 bridgehead atoms. The Labute approximate surface area is 122 Å². The van der Waals surface area contributed by atoms with Crippen LogP contribution in [0.4, 0.5) is 5.69 Å². The molecule has 0 spiro atoms. The van der Waals surface area contributed by atoms with Gasteiger partial charge in [0.2, 0.25) is 11.8 Å². The second-order valence-corrected chi connectivity index (χ2v) is 5.37. The SMILES string of the molecule is CCC(C)NC(=O)CN(C(C)=O)c1ccc(Br)cc1. The van der Waals surface area contributed by atoms with Gasteiger partial charge in [-0.3, -0.25) is 9.59 Å². The highest BCUT2D eigenvalue weighted by Crippen LogP contribution is 2.18. The van der Waals surface area contributed by atoms with Gasteiger partial charge in [-0.25, -0.2) is 0 Å². The molecule has 1 atom stereocenters. The molecule has 2 amide bonds. The van der Waals surface area contributed by atoms with Crippen LogP contribution in [-0.4, -0.2) is 24.4 Å². The number of amides is 2. The van der Waals surface area contributed by atoms with Crippen LogP contribution >= 0.6 is 15.9 Å². The number of hydrogen-bond donors (Lipinski definition) is 1. The zero-order valence-electron chi connectivity index (χ0n) is 11.4. The van der Waals surface area contributed by atoms with Crippen molar-refractivity contribution in [3.05, 3.63) is 28.7 Å². The second kappa shape index (κ2) is 7.28. The fourth-order valence-corrected chi connectivity index (χ4v) is 1.84. The summed E-state index contributed by atoms with van der Waals surface area (Å²) in [6.45, 7) is 5.44. The Morgan fingerprint density at radius 3 is 2.37 bits per heavy atom. The van der Waals surface area contributed by atoms with Gasteiger partial charge in [-0.2, -0.15) is 0 Å². The number of carbonyl (C=O) groups is 2. The third-order valence-electron chi connectivity index (χ3n) is 2.84. The van der Waals surface area contributed by atoms with E-state index in [9.17, 15) is 9.59 Å². The van der Waals surface area contributed by atoms with E-state index in [0.29, 0.717) is 0 Å². The summed E-state index contributed by atoms with van der Waals surface area (Å²) in [5, 5.41) is 2.85. The molecule has 0 saturated heterocycles. The molecule has 0 aliphatic heterocycles. The van der Waals surface area contributed by atoms with Crippen molar-refractivity contribution in [2.45, 2.75) is 33.2 Å². The van der Waals surface area contributed by atoms with Gasteiger partial charge in [-0.05, 0) is 37.6 Å². The second-order valence-electron chi connectivity index (χ2n) is 4.46. The van der Waals surface area contributed by atoms with Gasteiger partial charge in [0.05, 0.1) is 0 Å². The summed E-state index contributed by atoms with van der Waals surface area (Å²) in [7, 11) is 0. The summed E-state index contributed by atoms with van der Waals surface area (Å²) in [5.74, 6) is -0.297. The molecule has 1 N–H and O–H groups in total. The molecule has 1 unspecified atom stereocenters. The molecule has 0 aromatic heterocycles. The zero-order chi connectivity index (χ0) is 14.4. The first-order chi connectivity index (χ1) is 8.93. The van der Waals surface area contributed by atoms with Crippen LogP contribution in [0.5, 0.6) is 0 Å². The van der Waals surface area contributed by atoms with E-state index in [1.807, 2.05) is 38.1 Å². The first-order valence-corrected chi connectivity index (χ1v) is 7.06. The van der Waals surface area contributed by atoms with E-state index in [1.165, 1.54) is 11.8 Å². The third-order valence-corrected chi connectivity index (χ3v) is 3.37. The van der Waals surface area contributed by atoms with Crippen molar-refractivity contribution in [1.82, 2.24) is 5.32 Å². The predicted molar refractivity (Wildman–Crippen MR) is 80.1 cm³/mol. The predicted octanol–water partition coefficient (Wildman–Crippen LogP) is 2.72. The highest BCUT2D eigenvalue weighted by molar-refractivity contribution is 9.10. The number of hydrogen-bond acceptors (Lipinski definition) is 2. The largest absolute Gasteiger partial charge is 0.352 e. The number of halogens is 1. The highest BCUT2D eigenvalue weighted by atomic mass is 79.9. The Hall–Kier alpha value is -1.36. The van der Waals surface area contributed by atoms with E-state index >= 15 is 0 Å². The molecule has 0 heterocycles. The highest BCUT2D eigenvalue weighted by Gasteiger charge is 2.16. The number of rotatable bonds is 5. The molecule has 1 aromatic carbocycles. The fourth-order valence-electron chi connectivity index (χ4n) is 1.57. The molecule has 0 radical (unpaired) electrons. The Balaban J connectivity index is 2.76. The van der Waals surface area contributed by atoms with Crippen LogP contribution in [0.3, 0.4) is 0 Å². The molecule has 1 rings (SSSR count). The number of carbonyl (C=O) groups excluding carboxylic acids is 2. The van der Waals surface area contributed by atoms with E-state index in [0.717, 1.165) is 16.6 Å². The number of benzene rings is 1. The van der Waals surface area contributed by atoms with Crippen LogP contribution in [0.1, 0.15) is 27.2 Å². The molecule has 0 fully saturated rings.